The number of halogens is 2. The maximum Gasteiger partial charge on any atom is 0.146 e. The third-order valence-corrected chi connectivity index (χ3v) is 4.38. The second kappa shape index (κ2) is 6.26. The van der Waals surface area contributed by atoms with Crippen molar-refractivity contribution in [3.8, 4) is 0 Å². The first-order valence-corrected chi connectivity index (χ1v) is 6.87. The van der Waals surface area contributed by atoms with Crippen LogP contribution in [0.2, 0.25) is 0 Å². The van der Waals surface area contributed by atoms with Gasteiger partial charge in [0.2, 0.25) is 0 Å². The largest absolute Gasteiger partial charge is 0.422 e. The highest BCUT2D eigenvalue weighted by Gasteiger charge is 2.24. The van der Waals surface area contributed by atoms with Gasteiger partial charge in [-0.3, -0.25) is 0 Å². The average Bonchev–Trinajstić information content (AvgIpc) is 2.30. The molecule has 17 heavy (non-hydrogen) atoms. The molecule has 0 aliphatic rings. The molecule has 0 spiro atoms. The van der Waals surface area contributed by atoms with Crippen molar-refractivity contribution in [1.82, 2.24) is 0 Å². The predicted octanol–water partition coefficient (Wildman–Crippen LogP) is 2.75. The Morgan fingerprint density at radius 3 is 2.06 bits per heavy atom. The zero-order valence-electron chi connectivity index (χ0n) is 10.7. The summed E-state index contributed by atoms with van der Waals surface area (Å²) in [7, 11) is 0.691. The molecule has 0 amide bonds. The highest BCUT2D eigenvalue weighted by atomic mass is 28.2. The molecule has 1 rings (SSSR count). The van der Waals surface area contributed by atoms with Crippen molar-refractivity contribution >= 4 is 10.5 Å². The molecule has 0 bridgehead atoms. The Morgan fingerprint density at radius 2 is 1.65 bits per heavy atom. The molecule has 0 atom stereocenters. The molecular formula is C13H20F2OSi. The second-order valence-corrected chi connectivity index (χ2v) is 4.78. The van der Waals surface area contributed by atoms with E-state index in [1.54, 1.807) is 0 Å². The Labute approximate surface area is 105 Å². The monoisotopic (exact) mass is 258 g/mol. The summed E-state index contributed by atoms with van der Waals surface area (Å²) in [6, 6.07) is 3.69. The van der Waals surface area contributed by atoms with Crippen LogP contribution in [-0.2, 0) is 10.8 Å². The Balaban J connectivity index is 2.71. The fraction of sp³-hybridized carbons (Fsp3) is 0.538. The van der Waals surface area contributed by atoms with Crippen LogP contribution >= 0.6 is 0 Å². The summed E-state index contributed by atoms with van der Waals surface area (Å²) in [5.74, 6) is -1.02. The number of benzene rings is 1. The predicted molar refractivity (Wildman–Crippen MR) is 69.0 cm³/mol. The van der Waals surface area contributed by atoms with E-state index in [1.807, 2.05) is 0 Å². The first-order valence-electron chi connectivity index (χ1n) is 6.05. The summed E-state index contributed by atoms with van der Waals surface area (Å²) in [4.78, 5) is 0. The lowest BCUT2D eigenvalue weighted by Crippen LogP contribution is -2.30. The molecule has 4 heteroatoms. The molecule has 0 saturated heterocycles. The topological polar surface area (TPSA) is 9.23 Å². The molecule has 0 aromatic heterocycles. The first-order chi connectivity index (χ1) is 8.05. The third-order valence-electron chi connectivity index (χ3n) is 3.51. The van der Waals surface area contributed by atoms with E-state index in [9.17, 15) is 8.78 Å². The Bertz CT molecular complexity index is 336. The summed E-state index contributed by atoms with van der Waals surface area (Å²) in [6.07, 6.45) is 3.33. The van der Waals surface area contributed by atoms with Crippen LogP contribution in [0.15, 0.2) is 18.2 Å². The van der Waals surface area contributed by atoms with Gasteiger partial charge in [-0.05, 0) is 43.4 Å². The minimum absolute atomic E-state index is 0.116. The van der Waals surface area contributed by atoms with E-state index in [0.717, 1.165) is 25.3 Å². The molecule has 1 nitrogen and oxygen atoms in total. The molecule has 0 fully saturated rings. The van der Waals surface area contributed by atoms with E-state index in [0.29, 0.717) is 22.5 Å². The van der Waals surface area contributed by atoms with Crippen molar-refractivity contribution in [3.63, 3.8) is 0 Å². The first kappa shape index (κ1) is 14.3. The lowest BCUT2D eigenvalue weighted by atomic mass is 9.90. The third kappa shape index (κ3) is 3.89. The maximum absolute atomic E-state index is 13.0. The van der Waals surface area contributed by atoms with E-state index >= 15 is 0 Å². The standard InChI is InChI=1S/C13H20F2OSi/c1-3-13(4-2,16-17)6-5-10-7-11(14)9-12(15)8-10/h7-9H,3-6H2,1-2,17H3. The number of hydrogen-bond donors (Lipinski definition) is 0. The van der Waals surface area contributed by atoms with Gasteiger partial charge in [-0.15, -0.1) is 0 Å². The number of aryl methyl sites for hydroxylation is 1. The van der Waals surface area contributed by atoms with Crippen molar-refractivity contribution in [3.05, 3.63) is 35.4 Å². The second-order valence-electron chi connectivity index (χ2n) is 4.37. The van der Waals surface area contributed by atoms with E-state index in [1.165, 1.54) is 12.1 Å². The molecule has 0 N–H and O–H groups in total. The fourth-order valence-corrected chi connectivity index (χ4v) is 2.90. The SMILES string of the molecule is CCC(CC)(CCc1cc(F)cc(F)c1)O[SiH3]. The zero-order chi connectivity index (χ0) is 12.9. The van der Waals surface area contributed by atoms with E-state index in [-0.39, 0.29) is 5.60 Å². The lowest BCUT2D eigenvalue weighted by Gasteiger charge is -2.31. The van der Waals surface area contributed by atoms with E-state index in [2.05, 4.69) is 13.8 Å². The Kier molecular flexibility index (Phi) is 5.27. The molecule has 0 aliphatic heterocycles. The summed E-state index contributed by atoms with van der Waals surface area (Å²) >= 11 is 0. The molecular weight excluding hydrogens is 238 g/mol. The number of rotatable bonds is 6. The molecule has 0 saturated carbocycles. The lowest BCUT2D eigenvalue weighted by molar-refractivity contribution is 0.0616. The van der Waals surface area contributed by atoms with Crippen molar-refractivity contribution in [2.75, 3.05) is 0 Å². The quantitative estimate of drug-likeness (QED) is 0.713. The molecule has 96 valence electrons. The smallest absolute Gasteiger partial charge is 0.146 e. The van der Waals surface area contributed by atoms with Gasteiger partial charge >= 0.3 is 0 Å². The van der Waals surface area contributed by atoms with Gasteiger partial charge in [0.15, 0.2) is 0 Å². The molecule has 0 aliphatic carbocycles. The molecule has 1 aromatic rings. The van der Waals surface area contributed by atoms with Crippen LogP contribution in [0, 0.1) is 11.6 Å². The summed E-state index contributed by atoms with van der Waals surface area (Å²) in [6.45, 7) is 4.18. The van der Waals surface area contributed by atoms with Gasteiger partial charge < -0.3 is 4.43 Å². The molecule has 0 unspecified atom stereocenters. The van der Waals surface area contributed by atoms with Gasteiger partial charge in [-0.1, -0.05) is 13.8 Å². The van der Waals surface area contributed by atoms with Crippen molar-refractivity contribution in [2.45, 2.75) is 45.1 Å². The Hall–Kier alpha value is -0.743. The zero-order valence-corrected chi connectivity index (χ0v) is 12.7. The van der Waals surface area contributed by atoms with Crippen LogP contribution in [0.3, 0.4) is 0 Å². The van der Waals surface area contributed by atoms with Gasteiger partial charge in [0.25, 0.3) is 0 Å². The van der Waals surface area contributed by atoms with Gasteiger partial charge in [-0.2, -0.15) is 0 Å². The van der Waals surface area contributed by atoms with Crippen molar-refractivity contribution in [1.29, 1.82) is 0 Å². The fourth-order valence-electron chi connectivity index (χ4n) is 2.12. The highest BCUT2D eigenvalue weighted by molar-refractivity contribution is 5.98. The summed E-state index contributed by atoms with van der Waals surface area (Å²) in [5, 5.41) is 0. The van der Waals surface area contributed by atoms with Crippen LogP contribution in [0.25, 0.3) is 0 Å². The minimum atomic E-state index is -0.509. The van der Waals surface area contributed by atoms with Crippen molar-refractivity contribution in [2.24, 2.45) is 0 Å². The molecule has 0 radical (unpaired) electrons. The van der Waals surface area contributed by atoms with Gasteiger partial charge in [-0.25, -0.2) is 8.78 Å². The van der Waals surface area contributed by atoms with Crippen molar-refractivity contribution < 1.29 is 13.2 Å². The average molecular weight is 258 g/mol. The Morgan fingerprint density at radius 1 is 1.12 bits per heavy atom. The summed E-state index contributed by atoms with van der Waals surface area (Å²) < 4.78 is 31.7. The van der Waals surface area contributed by atoms with Crippen LogP contribution in [-0.4, -0.2) is 16.1 Å². The normalized spacial score (nSPS) is 12.0. The van der Waals surface area contributed by atoms with Crippen LogP contribution in [0.4, 0.5) is 8.78 Å². The minimum Gasteiger partial charge on any atom is -0.422 e. The van der Waals surface area contributed by atoms with Gasteiger partial charge in [0.1, 0.15) is 22.1 Å². The molecule has 0 heterocycles. The van der Waals surface area contributed by atoms with Crippen LogP contribution in [0.5, 0.6) is 0 Å². The van der Waals surface area contributed by atoms with E-state index in [4.69, 9.17) is 4.43 Å². The maximum atomic E-state index is 13.0. The summed E-state index contributed by atoms with van der Waals surface area (Å²) in [5.41, 5.74) is 0.585. The molecule has 1 aromatic carbocycles. The van der Waals surface area contributed by atoms with Crippen LogP contribution < -0.4 is 0 Å². The number of hydrogen-bond acceptors (Lipinski definition) is 1. The van der Waals surface area contributed by atoms with Crippen LogP contribution in [0.1, 0.15) is 38.7 Å². The van der Waals surface area contributed by atoms with E-state index < -0.39 is 11.6 Å². The van der Waals surface area contributed by atoms with Gasteiger partial charge in [0, 0.05) is 6.07 Å². The van der Waals surface area contributed by atoms with Gasteiger partial charge in [0.05, 0.1) is 5.60 Å². The highest BCUT2D eigenvalue weighted by Crippen LogP contribution is 2.26.